The predicted molar refractivity (Wildman–Crippen MR) is 99.9 cm³/mol. The van der Waals surface area contributed by atoms with Crippen molar-refractivity contribution in [3.63, 3.8) is 0 Å². The number of carbonyl (C=O) groups is 2. The van der Waals surface area contributed by atoms with E-state index in [4.69, 9.17) is 9.47 Å². The van der Waals surface area contributed by atoms with Crippen LogP contribution in [0, 0.1) is 0 Å². The first-order valence-corrected chi connectivity index (χ1v) is 9.24. The second-order valence-electron chi connectivity index (χ2n) is 5.70. The van der Waals surface area contributed by atoms with Gasteiger partial charge in [-0.3, -0.25) is 0 Å². The average molecular weight is 421 g/mol. The van der Waals surface area contributed by atoms with E-state index in [1.54, 1.807) is 31.2 Å². The van der Waals surface area contributed by atoms with Crippen LogP contribution in [0.15, 0.2) is 54.6 Å². The van der Waals surface area contributed by atoms with Crippen molar-refractivity contribution in [1.82, 2.24) is 4.98 Å². The summed E-state index contributed by atoms with van der Waals surface area (Å²) in [6.07, 6.45) is -4.51. The largest absolute Gasteiger partial charge is 0.462 e. The van der Waals surface area contributed by atoms with E-state index in [1.807, 2.05) is 6.07 Å². The average Bonchev–Trinajstić information content (AvgIpc) is 3.12. The van der Waals surface area contributed by atoms with Gasteiger partial charge >= 0.3 is 18.1 Å². The van der Waals surface area contributed by atoms with E-state index in [1.165, 1.54) is 0 Å². The highest BCUT2D eigenvalue weighted by Crippen LogP contribution is 2.34. The highest BCUT2D eigenvalue weighted by atomic mass is 32.1. The van der Waals surface area contributed by atoms with Crippen molar-refractivity contribution in [2.75, 3.05) is 6.61 Å². The maximum atomic E-state index is 12.7. The number of alkyl halides is 3. The van der Waals surface area contributed by atoms with Crippen molar-refractivity contribution in [2.45, 2.75) is 13.1 Å². The molecule has 0 unspecified atom stereocenters. The minimum absolute atomic E-state index is 0.00837. The van der Waals surface area contributed by atoms with E-state index < -0.39 is 23.7 Å². The number of benzene rings is 2. The summed E-state index contributed by atoms with van der Waals surface area (Å²) in [7, 11) is 0. The first kappa shape index (κ1) is 20.5. The topological polar surface area (TPSA) is 65.5 Å². The number of rotatable bonds is 5. The summed E-state index contributed by atoms with van der Waals surface area (Å²) in [5.74, 6) is -1.89. The molecule has 0 amide bonds. The number of esters is 2. The molecule has 29 heavy (non-hydrogen) atoms. The standard InChI is InChI=1S/C20H14F3NO4S/c1-2-27-19(26)15-16(24-17(29-15)12-6-4-3-5-7-12)28-18(25)13-8-10-14(11-9-13)20(21,22)23/h3-11H,2H2,1H3. The van der Waals surface area contributed by atoms with Crippen LogP contribution in [-0.4, -0.2) is 23.5 Å². The summed E-state index contributed by atoms with van der Waals surface area (Å²) < 4.78 is 48.2. The van der Waals surface area contributed by atoms with Crippen LogP contribution in [0.25, 0.3) is 10.6 Å². The van der Waals surface area contributed by atoms with Gasteiger partial charge in [0, 0.05) is 5.56 Å². The fourth-order valence-electron chi connectivity index (χ4n) is 2.35. The molecule has 0 aliphatic rings. The third-order valence-corrected chi connectivity index (χ3v) is 4.78. The summed E-state index contributed by atoms with van der Waals surface area (Å²) in [5, 5.41) is 0.434. The molecular weight excluding hydrogens is 407 g/mol. The molecule has 0 saturated carbocycles. The highest BCUT2D eigenvalue weighted by molar-refractivity contribution is 7.17. The van der Waals surface area contributed by atoms with Gasteiger partial charge in [0.05, 0.1) is 17.7 Å². The quantitative estimate of drug-likeness (QED) is 0.528. The summed E-state index contributed by atoms with van der Waals surface area (Å²) in [6.45, 7) is 1.74. The summed E-state index contributed by atoms with van der Waals surface area (Å²) in [4.78, 5) is 28.8. The Bertz CT molecular complexity index is 1010. The first-order valence-electron chi connectivity index (χ1n) is 8.42. The molecule has 0 N–H and O–H groups in total. The van der Waals surface area contributed by atoms with Crippen LogP contribution in [0.3, 0.4) is 0 Å². The van der Waals surface area contributed by atoms with Gasteiger partial charge < -0.3 is 9.47 Å². The molecule has 0 bridgehead atoms. The maximum Gasteiger partial charge on any atom is 0.416 e. The minimum Gasteiger partial charge on any atom is -0.462 e. The molecule has 0 atom stereocenters. The van der Waals surface area contributed by atoms with Crippen LogP contribution < -0.4 is 4.74 Å². The lowest BCUT2D eigenvalue weighted by atomic mass is 10.1. The molecule has 0 spiro atoms. The van der Waals surface area contributed by atoms with Crippen LogP contribution in [0.5, 0.6) is 5.88 Å². The fraction of sp³-hybridized carbons (Fsp3) is 0.150. The Morgan fingerprint density at radius 1 is 1.00 bits per heavy atom. The Morgan fingerprint density at radius 2 is 1.66 bits per heavy atom. The minimum atomic E-state index is -4.51. The van der Waals surface area contributed by atoms with E-state index in [2.05, 4.69) is 4.98 Å². The molecular formula is C20H14F3NO4S. The lowest BCUT2D eigenvalue weighted by Crippen LogP contribution is -2.13. The number of hydrogen-bond acceptors (Lipinski definition) is 6. The number of hydrogen-bond donors (Lipinski definition) is 0. The first-order chi connectivity index (χ1) is 13.8. The third kappa shape index (κ3) is 4.80. The molecule has 0 radical (unpaired) electrons. The molecule has 3 aromatic rings. The Morgan fingerprint density at radius 3 is 2.24 bits per heavy atom. The molecule has 9 heteroatoms. The van der Waals surface area contributed by atoms with Gasteiger partial charge in [-0.15, -0.1) is 11.3 Å². The number of carbonyl (C=O) groups excluding carboxylic acids is 2. The molecule has 3 rings (SSSR count). The number of halogens is 3. The van der Waals surface area contributed by atoms with Crippen LogP contribution in [0.1, 0.15) is 32.5 Å². The predicted octanol–water partition coefficient (Wildman–Crippen LogP) is 5.22. The maximum absolute atomic E-state index is 12.7. The Labute approximate surface area is 167 Å². The molecule has 0 fully saturated rings. The van der Waals surface area contributed by atoms with E-state index in [0.717, 1.165) is 35.6 Å². The van der Waals surface area contributed by atoms with Crippen molar-refractivity contribution in [2.24, 2.45) is 0 Å². The van der Waals surface area contributed by atoms with Crippen LogP contribution in [0.2, 0.25) is 0 Å². The van der Waals surface area contributed by atoms with E-state index in [-0.39, 0.29) is 22.9 Å². The molecule has 0 saturated heterocycles. The van der Waals surface area contributed by atoms with Crippen molar-refractivity contribution in [3.8, 4) is 16.5 Å². The molecule has 5 nitrogen and oxygen atoms in total. The molecule has 0 aliphatic heterocycles. The van der Waals surface area contributed by atoms with Crippen molar-refractivity contribution < 1.29 is 32.2 Å². The Kier molecular flexibility index (Phi) is 5.97. The van der Waals surface area contributed by atoms with Gasteiger partial charge in [0.15, 0.2) is 4.88 Å². The van der Waals surface area contributed by atoms with Crippen LogP contribution >= 0.6 is 11.3 Å². The molecule has 1 heterocycles. The Hall–Kier alpha value is -3.20. The number of nitrogens with zero attached hydrogens (tertiary/aromatic N) is 1. The summed E-state index contributed by atoms with van der Waals surface area (Å²) in [5.41, 5.74) is -0.289. The molecule has 0 aliphatic carbocycles. The van der Waals surface area contributed by atoms with Crippen LogP contribution in [0.4, 0.5) is 13.2 Å². The van der Waals surface area contributed by atoms with Gasteiger partial charge in [0.25, 0.3) is 0 Å². The van der Waals surface area contributed by atoms with Gasteiger partial charge in [0.1, 0.15) is 5.01 Å². The van der Waals surface area contributed by atoms with E-state index in [0.29, 0.717) is 10.6 Å². The van der Waals surface area contributed by atoms with E-state index in [9.17, 15) is 22.8 Å². The van der Waals surface area contributed by atoms with Gasteiger partial charge in [-0.05, 0) is 31.2 Å². The Balaban J connectivity index is 1.89. The van der Waals surface area contributed by atoms with Gasteiger partial charge in [-0.2, -0.15) is 13.2 Å². The van der Waals surface area contributed by atoms with Crippen LogP contribution in [-0.2, 0) is 10.9 Å². The number of ether oxygens (including phenoxy) is 2. The zero-order chi connectivity index (χ0) is 21.0. The zero-order valence-corrected chi connectivity index (χ0v) is 15.8. The van der Waals surface area contributed by atoms with Crippen molar-refractivity contribution in [1.29, 1.82) is 0 Å². The molecule has 2 aromatic carbocycles. The van der Waals surface area contributed by atoms with E-state index >= 15 is 0 Å². The lowest BCUT2D eigenvalue weighted by molar-refractivity contribution is -0.137. The van der Waals surface area contributed by atoms with Crippen molar-refractivity contribution in [3.05, 3.63) is 70.6 Å². The normalized spacial score (nSPS) is 11.2. The molecule has 150 valence electrons. The SMILES string of the molecule is CCOC(=O)c1sc(-c2ccccc2)nc1OC(=O)c1ccc(C(F)(F)F)cc1. The third-order valence-electron chi connectivity index (χ3n) is 3.71. The van der Waals surface area contributed by atoms with Gasteiger partial charge in [0.2, 0.25) is 5.88 Å². The van der Waals surface area contributed by atoms with Gasteiger partial charge in [-0.1, -0.05) is 30.3 Å². The second-order valence-corrected chi connectivity index (χ2v) is 6.70. The smallest absolute Gasteiger partial charge is 0.416 e. The van der Waals surface area contributed by atoms with Crippen molar-refractivity contribution >= 4 is 23.3 Å². The monoisotopic (exact) mass is 421 g/mol. The highest BCUT2D eigenvalue weighted by Gasteiger charge is 2.30. The fourth-order valence-corrected chi connectivity index (χ4v) is 3.24. The second kappa shape index (κ2) is 8.44. The lowest BCUT2D eigenvalue weighted by Gasteiger charge is -2.07. The molecule has 1 aromatic heterocycles. The zero-order valence-electron chi connectivity index (χ0n) is 15.0. The summed E-state index contributed by atoms with van der Waals surface area (Å²) in [6, 6.07) is 12.5. The number of aromatic nitrogens is 1. The van der Waals surface area contributed by atoms with Gasteiger partial charge in [-0.25, -0.2) is 14.6 Å². The summed E-state index contributed by atoms with van der Waals surface area (Å²) >= 11 is 0.992. The number of thiazole rings is 1.